The third-order valence-corrected chi connectivity index (χ3v) is 4.17. The highest BCUT2D eigenvalue weighted by Gasteiger charge is 2.21. The summed E-state index contributed by atoms with van der Waals surface area (Å²) in [4.78, 5) is 0. The van der Waals surface area contributed by atoms with E-state index in [0.29, 0.717) is 0 Å². The molecule has 2 heteroatoms. The topological polar surface area (TPSA) is 44.0 Å². The summed E-state index contributed by atoms with van der Waals surface area (Å²) >= 11 is 0. The summed E-state index contributed by atoms with van der Waals surface area (Å²) in [5.41, 5.74) is 7.67. The summed E-state index contributed by atoms with van der Waals surface area (Å²) in [7, 11) is 0. The molecule has 0 unspecified atom stereocenters. The molecule has 1 N–H and O–H groups in total. The molecule has 0 aliphatic heterocycles. The van der Waals surface area contributed by atoms with E-state index in [-0.39, 0.29) is 5.75 Å². The fourth-order valence-electron chi connectivity index (χ4n) is 3.38. The van der Waals surface area contributed by atoms with Gasteiger partial charge in [0.2, 0.25) is 0 Å². The zero-order valence-electron chi connectivity index (χ0n) is 11.8. The first-order chi connectivity index (χ1) is 9.61. The molecule has 100 valence electrons. The van der Waals surface area contributed by atoms with Gasteiger partial charge in [-0.05, 0) is 79.1 Å². The van der Waals surface area contributed by atoms with Crippen LogP contribution in [0.5, 0.6) is 5.75 Å². The van der Waals surface area contributed by atoms with Crippen LogP contribution in [0.1, 0.15) is 34.2 Å². The number of fused-ring (bicyclic) bond motifs is 1. The number of hydrogen-bond donors (Lipinski definition) is 1. The maximum atomic E-state index is 9.72. The van der Waals surface area contributed by atoms with Gasteiger partial charge in [-0.2, -0.15) is 5.26 Å². The molecule has 0 atom stereocenters. The van der Waals surface area contributed by atoms with E-state index in [1.165, 1.54) is 11.1 Å². The molecule has 2 nitrogen and oxygen atoms in total. The molecule has 1 aliphatic carbocycles. The van der Waals surface area contributed by atoms with Crippen molar-refractivity contribution in [1.29, 1.82) is 5.26 Å². The standard InChI is InChI=1S/C18H17NO/c1-11-8-15(20)9-12(2)17(11)18-14(10-19)7-6-13-4-3-5-16(13)18/h6-9,20H,3-5H2,1-2H3. The zero-order valence-corrected chi connectivity index (χ0v) is 11.8. The van der Waals surface area contributed by atoms with E-state index in [9.17, 15) is 10.4 Å². The number of aryl methyl sites for hydroxylation is 3. The Morgan fingerprint density at radius 2 is 1.75 bits per heavy atom. The highest BCUT2D eigenvalue weighted by atomic mass is 16.3. The predicted molar refractivity (Wildman–Crippen MR) is 79.8 cm³/mol. The van der Waals surface area contributed by atoms with Crippen LogP contribution in [0.3, 0.4) is 0 Å². The first-order valence-electron chi connectivity index (χ1n) is 6.97. The number of phenols is 1. The molecule has 0 bridgehead atoms. The van der Waals surface area contributed by atoms with Crippen molar-refractivity contribution in [2.24, 2.45) is 0 Å². The Kier molecular flexibility index (Phi) is 2.99. The summed E-state index contributed by atoms with van der Waals surface area (Å²) in [5, 5.41) is 19.2. The second-order valence-corrected chi connectivity index (χ2v) is 5.55. The number of phenolic OH excluding ortho intramolecular Hbond substituents is 1. The average molecular weight is 263 g/mol. The van der Waals surface area contributed by atoms with Gasteiger partial charge in [0.05, 0.1) is 11.6 Å². The van der Waals surface area contributed by atoms with Crippen LogP contribution in [-0.4, -0.2) is 5.11 Å². The number of aromatic hydroxyl groups is 1. The van der Waals surface area contributed by atoms with Crippen molar-refractivity contribution in [1.82, 2.24) is 0 Å². The molecule has 20 heavy (non-hydrogen) atoms. The lowest BCUT2D eigenvalue weighted by atomic mass is 9.87. The van der Waals surface area contributed by atoms with Crippen molar-refractivity contribution in [2.75, 3.05) is 0 Å². The minimum Gasteiger partial charge on any atom is -0.508 e. The first kappa shape index (κ1) is 12.7. The lowest BCUT2D eigenvalue weighted by molar-refractivity contribution is 0.474. The van der Waals surface area contributed by atoms with Gasteiger partial charge in [0.1, 0.15) is 5.75 Å². The third-order valence-electron chi connectivity index (χ3n) is 4.17. The fraction of sp³-hybridized carbons (Fsp3) is 0.278. The highest BCUT2D eigenvalue weighted by molar-refractivity contribution is 5.80. The van der Waals surface area contributed by atoms with E-state index in [0.717, 1.165) is 47.1 Å². The molecule has 0 fully saturated rings. The predicted octanol–water partition coefficient (Wildman–Crippen LogP) is 4.04. The number of nitriles is 1. The molecular formula is C18H17NO. The van der Waals surface area contributed by atoms with Crippen LogP contribution in [-0.2, 0) is 12.8 Å². The summed E-state index contributed by atoms with van der Waals surface area (Å²) in [6.07, 6.45) is 3.30. The van der Waals surface area contributed by atoms with Crippen LogP contribution in [0, 0.1) is 25.2 Å². The Morgan fingerprint density at radius 1 is 1.05 bits per heavy atom. The van der Waals surface area contributed by atoms with Gasteiger partial charge < -0.3 is 5.11 Å². The maximum absolute atomic E-state index is 9.72. The summed E-state index contributed by atoms with van der Waals surface area (Å²) < 4.78 is 0. The average Bonchev–Trinajstić information content (AvgIpc) is 2.86. The van der Waals surface area contributed by atoms with Gasteiger partial charge in [-0.25, -0.2) is 0 Å². The van der Waals surface area contributed by atoms with E-state index in [1.807, 2.05) is 19.9 Å². The smallest absolute Gasteiger partial charge is 0.116 e. The first-order valence-corrected chi connectivity index (χ1v) is 6.97. The Balaban J connectivity index is 2.36. The minimum absolute atomic E-state index is 0.287. The van der Waals surface area contributed by atoms with Gasteiger partial charge in [0.15, 0.2) is 0 Å². The fourth-order valence-corrected chi connectivity index (χ4v) is 3.38. The second kappa shape index (κ2) is 4.68. The molecule has 0 heterocycles. The quantitative estimate of drug-likeness (QED) is 0.844. The van der Waals surface area contributed by atoms with Crippen LogP contribution in [0.25, 0.3) is 11.1 Å². The normalized spacial score (nSPS) is 13.1. The van der Waals surface area contributed by atoms with Crippen molar-refractivity contribution in [3.63, 3.8) is 0 Å². The number of rotatable bonds is 1. The third kappa shape index (κ3) is 1.87. The van der Waals surface area contributed by atoms with E-state index in [2.05, 4.69) is 12.1 Å². The van der Waals surface area contributed by atoms with Crippen LogP contribution in [0.4, 0.5) is 0 Å². The molecule has 0 saturated heterocycles. The van der Waals surface area contributed by atoms with Gasteiger partial charge in [-0.3, -0.25) is 0 Å². The Morgan fingerprint density at radius 3 is 2.40 bits per heavy atom. The summed E-state index contributed by atoms with van der Waals surface area (Å²) in [5.74, 6) is 0.287. The number of nitrogens with zero attached hydrogens (tertiary/aromatic N) is 1. The lowest BCUT2D eigenvalue weighted by Gasteiger charge is -2.16. The number of hydrogen-bond acceptors (Lipinski definition) is 2. The van der Waals surface area contributed by atoms with Crippen molar-refractivity contribution >= 4 is 0 Å². The summed E-state index contributed by atoms with van der Waals surface area (Å²) in [6.45, 7) is 4.00. The van der Waals surface area contributed by atoms with Crippen molar-refractivity contribution in [3.8, 4) is 22.9 Å². The van der Waals surface area contributed by atoms with Crippen molar-refractivity contribution in [3.05, 3.63) is 52.1 Å². The molecule has 0 aromatic heterocycles. The molecule has 1 aliphatic rings. The molecule has 0 saturated carbocycles. The van der Waals surface area contributed by atoms with Crippen LogP contribution < -0.4 is 0 Å². The minimum atomic E-state index is 0.287. The lowest BCUT2D eigenvalue weighted by Crippen LogP contribution is -1.97. The molecular weight excluding hydrogens is 246 g/mol. The monoisotopic (exact) mass is 263 g/mol. The summed E-state index contributed by atoms with van der Waals surface area (Å²) in [6, 6.07) is 9.91. The Bertz CT molecular complexity index is 715. The largest absolute Gasteiger partial charge is 0.508 e. The number of benzene rings is 2. The molecule has 0 amide bonds. The molecule has 0 radical (unpaired) electrons. The van der Waals surface area contributed by atoms with E-state index >= 15 is 0 Å². The molecule has 3 rings (SSSR count). The van der Waals surface area contributed by atoms with Gasteiger partial charge >= 0.3 is 0 Å². The molecule has 2 aromatic rings. The van der Waals surface area contributed by atoms with E-state index in [4.69, 9.17) is 0 Å². The van der Waals surface area contributed by atoms with Crippen molar-refractivity contribution < 1.29 is 5.11 Å². The van der Waals surface area contributed by atoms with E-state index in [1.54, 1.807) is 12.1 Å². The highest BCUT2D eigenvalue weighted by Crippen LogP contribution is 2.39. The van der Waals surface area contributed by atoms with E-state index < -0.39 is 0 Å². The van der Waals surface area contributed by atoms with Crippen LogP contribution in [0.15, 0.2) is 24.3 Å². The second-order valence-electron chi connectivity index (χ2n) is 5.55. The van der Waals surface area contributed by atoms with Gasteiger partial charge in [-0.1, -0.05) is 6.07 Å². The molecule has 2 aromatic carbocycles. The van der Waals surface area contributed by atoms with Gasteiger partial charge in [-0.15, -0.1) is 0 Å². The van der Waals surface area contributed by atoms with Gasteiger partial charge in [0.25, 0.3) is 0 Å². The maximum Gasteiger partial charge on any atom is 0.116 e. The van der Waals surface area contributed by atoms with Crippen molar-refractivity contribution in [2.45, 2.75) is 33.1 Å². The Labute approximate surface area is 119 Å². The zero-order chi connectivity index (χ0) is 14.3. The van der Waals surface area contributed by atoms with Gasteiger partial charge in [0, 0.05) is 5.56 Å². The SMILES string of the molecule is Cc1cc(O)cc(C)c1-c1c(C#N)ccc2c1CCC2. The Hall–Kier alpha value is -2.27. The van der Waals surface area contributed by atoms with Crippen LogP contribution >= 0.6 is 0 Å². The van der Waals surface area contributed by atoms with Crippen LogP contribution in [0.2, 0.25) is 0 Å². The molecule has 0 spiro atoms.